The van der Waals surface area contributed by atoms with Crippen molar-refractivity contribution in [2.45, 2.75) is 33.7 Å². The molecule has 0 bridgehead atoms. The Kier molecular flexibility index (Phi) is 4.50. The first-order chi connectivity index (χ1) is 5.91. The van der Waals surface area contributed by atoms with Gasteiger partial charge >= 0.3 is 0 Å². The maximum Gasteiger partial charge on any atom is 0.257 e. The summed E-state index contributed by atoms with van der Waals surface area (Å²) in [7, 11) is 1.80. The summed E-state index contributed by atoms with van der Waals surface area (Å²) >= 11 is 0. The minimum absolute atomic E-state index is 0.0278. The van der Waals surface area contributed by atoms with Gasteiger partial charge in [0.25, 0.3) is 5.91 Å². The van der Waals surface area contributed by atoms with Crippen molar-refractivity contribution in [3.8, 4) is 0 Å². The monoisotopic (exact) mass is 181 g/mol. The SMILES string of the molecule is C=C=C(C(=O)N(C)C(C)C)C(C)C. The van der Waals surface area contributed by atoms with Crippen molar-refractivity contribution in [3.63, 3.8) is 0 Å². The highest BCUT2D eigenvalue weighted by Gasteiger charge is 2.18. The molecule has 0 aromatic carbocycles. The van der Waals surface area contributed by atoms with E-state index in [1.54, 1.807) is 11.9 Å². The Morgan fingerprint density at radius 1 is 1.31 bits per heavy atom. The van der Waals surface area contributed by atoms with Crippen LogP contribution in [0.1, 0.15) is 27.7 Å². The Bertz CT molecular complexity index is 234. The lowest BCUT2D eigenvalue weighted by atomic mass is 10.0. The molecule has 13 heavy (non-hydrogen) atoms. The van der Waals surface area contributed by atoms with E-state index in [1.807, 2.05) is 27.7 Å². The molecule has 0 aromatic heterocycles. The van der Waals surface area contributed by atoms with E-state index >= 15 is 0 Å². The van der Waals surface area contributed by atoms with Gasteiger partial charge in [-0.05, 0) is 19.8 Å². The summed E-state index contributed by atoms with van der Waals surface area (Å²) < 4.78 is 0. The van der Waals surface area contributed by atoms with Gasteiger partial charge in [0.2, 0.25) is 0 Å². The first-order valence-corrected chi connectivity index (χ1v) is 4.58. The highest BCUT2D eigenvalue weighted by atomic mass is 16.2. The summed E-state index contributed by atoms with van der Waals surface area (Å²) in [5.41, 5.74) is 3.38. The van der Waals surface area contributed by atoms with Crippen LogP contribution in [0.4, 0.5) is 0 Å². The fourth-order valence-corrected chi connectivity index (χ4v) is 0.951. The van der Waals surface area contributed by atoms with Crippen molar-refractivity contribution >= 4 is 5.91 Å². The predicted molar refractivity (Wildman–Crippen MR) is 55.4 cm³/mol. The van der Waals surface area contributed by atoms with Crippen LogP contribution < -0.4 is 0 Å². The Morgan fingerprint density at radius 3 is 2.00 bits per heavy atom. The van der Waals surface area contributed by atoms with Crippen LogP contribution in [-0.4, -0.2) is 23.9 Å². The van der Waals surface area contributed by atoms with Crippen LogP contribution in [0.5, 0.6) is 0 Å². The highest BCUT2D eigenvalue weighted by molar-refractivity contribution is 5.93. The largest absolute Gasteiger partial charge is 0.339 e. The lowest BCUT2D eigenvalue weighted by Crippen LogP contribution is -2.35. The van der Waals surface area contributed by atoms with Crippen molar-refractivity contribution in [2.75, 3.05) is 7.05 Å². The van der Waals surface area contributed by atoms with Crippen molar-refractivity contribution in [2.24, 2.45) is 5.92 Å². The molecular formula is C11H19NO. The van der Waals surface area contributed by atoms with Gasteiger partial charge in [-0.25, -0.2) is 0 Å². The van der Waals surface area contributed by atoms with Crippen LogP contribution in [-0.2, 0) is 4.79 Å². The van der Waals surface area contributed by atoms with Crippen molar-refractivity contribution in [1.29, 1.82) is 0 Å². The topological polar surface area (TPSA) is 20.3 Å². The lowest BCUT2D eigenvalue weighted by molar-refractivity contribution is -0.127. The molecule has 0 rings (SSSR count). The third-order valence-corrected chi connectivity index (χ3v) is 2.09. The Labute approximate surface area is 80.9 Å². The normalized spacial score (nSPS) is 10.1. The summed E-state index contributed by atoms with van der Waals surface area (Å²) in [4.78, 5) is 13.4. The summed E-state index contributed by atoms with van der Waals surface area (Å²) in [6, 6.07) is 0.217. The molecule has 0 fully saturated rings. The van der Waals surface area contributed by atoms with Gasteiger partial charge in [-0.1, -0.05) is 20.4 Å². The number of carbonyl (C=O) groups is 1. The quantitative estimate of drug-likeness (QED) is 0.483. The first-order valence-electron chi connectivity index (χ1n) is 4.58. The van der Waals surface area contributed by atoms with Gasteiger partial charge in [0, 0.05) is 13.1 Å². The summed E-state index contributed by atoms with van der Waals surface area (Å²) in [6.07, 6.45) is 0. The molecule has 74 valence electrons. The summed E-state index contributed by atoms with van der Waals surface area (Å²) in [5.74, 6) is 0.214. The fraction of sp³-hybridized carbons (Fsp3) is 0.636. The number of likely N-dealkylation sites (N-methyl/N-ethyl adjacent to an activating group) is 1. The first kappa shape index (κ1) is 12.0. The number of carbonyl (C=O) groups excluding carboxylic acids is 1. The second kappa shape index (κ2) is 4.88. The zero-order chi connectivity index (χ0) is 10.6. The van der Waals surface area contributed by atoms with Crippen molar-refractivity contribution in [3.05, 3.63) is 17.9 Å². The second-order valence-electron chi connectivity index (χ2n) is 3.75. The molecule has 0 N–H and O–H groups in total. The standard InChI is InChI=1S/C11H19NO/c1-7-10(8(2)3)11(13)12(6)9(4)5/h8-9H,1H2,2-6H3. The second-order valence-corrected chi connectivity index (χ2v) is 3.75. The molecular weight excluding hydrogens is 162 g/mol. The number of rotatable bonds is 3. The third kappa shape index (κ3) is 3.08. The van der Waals surface area contributed by atoms with Gasteiger partial charge in [-0.2, -0.15) is 0 Å². The fourth-order valence-electron chi connectivity index (χ4n) is 0.951. The predicted octanol–water partition coefficient (Wildman–Crippen LogP) is 2.22. The maximum absolute atomic E-state index is 11.7. The number of hydrogen-bond acceptors (Lipinski definition) is 1. The maximum atomic E-state index is 11.7. The zero-order valence-corrected chi connectivity index (χ0v) is 9.22. The van der Waals surface area contributed by atoms with Gasteiger partial charge in [0.1, 0.15) is 0 Å². The molecule has 0 aromatic rings. The zero-order valence-electron chi connectivity index (χ0n) is 9.22. The van der Waals surface area contributed by atoms with Crippen LogP contribution in [0, 0.1) is 5.92 Å². The molecule has 0 aliphatic heterocycles. The molecule has 2 heteroatoms. The molecule has 0 unspecified atom stereocenters. The molecule has 0 aliphatic carbocycles. The van der Waals surface area contributed by atoms with E-state index in [4.69, 9.17) is 0 Å². The molecule has 0 saturated heterocycles. The van der Waals surface area contributed by atoms with Gasteiger partial charge < -0.3 is 4.90 Å². The van der Waals surface area contributed by atoms with E-state index < -0.39 is 0 Å². The highest BCUT2D eigenvalue weighted by Crippen LogP contribution is 2.12. The minimum atomic E-state index is 0.0278. The average Bonchev–Trinajstić information content (AvgIpc) is 2.03. The van der Waals surface area contributed by atoms with E-state index in [2.05, 4.69) is 12.3 Å². The Morgan fingerprint density at radius 2 is 1.77 bits per heavy atom. The number of amides is 1. The molecule has 0 saturated carbocycles. The van der Waals surface area contributed by atoms with Gasteiger partial charge in [-0.15, -0.1) is 5.73 Å². The van der Waals surface area contributed by atoms with Crippen LogP contribution in [0.3, 0.4) is 0 Å². The molecule has 0 aliphatic rings. The molecule has 0 heterocycles. The van der Waals surface area contributed by atoms with Crippen LogP contribution in [0.25, 0.3) is 0 Å². The van der Waals surface area contributed by atoms with E-state index in [0.29, 0.717) is 5.57 Å². The smallest absolute Gasteiger partial charge is 0.257 e. The van der Waals surface area contributed by atoms with Gasteiger partial charge in [0.05, 0.1) is 5.57 Å². The Balaban J connectivity index is 4.68. The van der Waals surface area contributed by atoms with Crippen molar-refractivity contribution < 1.29 is 4.79 Å². The van der Waals surface area contributed by atoms with Crippen LogP contribution in [0.15, 0.2) is 17.9 Å². The summed E-state index contributed by atoms with van der Waals surface area (Å²) in [6.45, 7) is 11.4. The number of nitrogens with zero attached hydrogens (tertiary/aromatic N) is 1. The van der Waals surface area contributed by atoms with E-state index in [1.165, 1.54) is 0 Å². The van der Waals surface area contributed by atoms with Crippen LogP contribution >= 0.6 is 0 Å². The lowest BCUT2D eigenvalue weighted by Gasteiger charge is -2.23. The third-order valence-electron chi connectivity index (χ3n) is 2.09. The van der Waals surface area contributed by atoms with E-state index in [9.17, 15) is 4.79 Å². The summed E-state index contributed by atoms with van der Waals surface area (Å²) in [5, 5.41) is 0. The number of hydrogen-bond donors (Lipinski definition) is 0. The molecule has 0 spiro atoms. The Hall–Kier alpha value is -1.01. The molecule has 0 atom stereocenters. The van der Waals surface area contributed by atoms with E-state index in [-0.39, 0.29) is 17.9 Å². The molecule has 2 nitrogen and oxygen atoms in total. The molecule has 0 radical (unpaired) electrons. The minimum Gasteiger partial charge on any atom is -0.339 e. The van der Waals surface area contributed by atoms with Crippen molar-refractivity contribution in [1.82, 2.24) is 4.90 Å². The van der Waals surface area contributed by atoms with E-state index in [0.717, 1.165) is 0 Å². The van der Waals surface area contributed by atoms with Crippen LogP contribution in [0.2, 0.25) is 0 Å². The van der Waals surface area contributed by atoms with Gasteiger partial charge in [-0.3, -0.25) is 4.79 Å². The average molecular weight is 181 g/mol. The molecule has 1 amide bonds. The van der Waals surface area contributed by atoms with Gasteiger partial charge in [0.15, 0.2) is 0 Å².